The van der Waals surface area contributed by atoms with Crippen LogP contribution in [0.3, 0.4) is 0 Å². The quantitative estimate of drug-likeness (QED) is 0.0195. The number of esters is 1. The van der Waals surface area contributed by atoms with E-state index < -0.39 is 67.4 Å². The first kappa shape index (κ1) is 77.4. The molecular weight excluding hydrogens is 1030 g/mol. The molecule has 0 spiro atoms. The number of aliphatic hydroxyl groups excluding tert-OH is 5. The third kappa shape index (κ3) is 45.7. The van der Waals surface area contributed by atoms with Crippen LogP contribution in [-0.2, 0) is 23.8 Å². The third-order valence-electron chi connectivity index (χ3n) is 16.1. The Balaban J connectivity index is 2.61. The van der Waals surface area contributed by atoms with Crippen LogP contribution >= 0.6 is 0 Å². The molecule has 82 heavy (non-hydrogen) atoms. The van der Waals surface area contributed by atoms with Gasteiger partial charge in [-0.1, -0.05) is 281 Å². The lowest BCUT2D eigenvalue weighted by molar-refractivity contribution is -0.305. The molecule has 0 aromatic rings. The molecule has 0 radical (unpaired) electrons. The fraction of sp³-hybridized carbons (Fsp3) is 0.831. The summed E-state index contributed by atoms with van der Waals surface area (Å²) in [5.74, 6) is -1.19. The molecule has 0 saturated carbocycles. The minimum atomic E-state index is -1.62. The van der Waals surface area contributed by atoms with Gasteiger partial charge in [0, 0.05) is 6.42 Å². The van der Waals surface area contributed by atoms with E-state index in [4.69, 9.17) is 14.2 Å². The van der Waals surface area contributed by atoms with Crippen molar-refractivity contribution in [2.45, 2.75) is 365 Å². The van der Waals surface area contributed by atoms with Crippen LogP contribution in [-0.4, -0.2) is 99.6 Å². The molecular formula is C71H129NO10. The molecule has 1 heterocycles. The number of nitrogens with one attached hydrogen (secondary N) is 1. The van der Waals surface area contributed by atoms with Crippen molar-refractivity contribution in [3.05, 3.63) is 60.8 Å². The summed E-state index contributed by atoms with van der Waals surface area (Å²) in [6.45, 7) is 5.78. The zero-order valence-electron chi connectivity index (χ0n) is 53.1. The number of hydrogen-bond acceptors (Lipinski definition) is 10. The van der Waals surface area contributed by atoms with Crippen LogP contribution in [0.4, 0.5) is 0 Å². The van der Waals surface area contributed by atoms with Crippen molar-refractivity contribution in [1.82, 2.24) is 5.32 Å². The van der Waals surface area contributed by atoms with Crippen LogP contribution in [0.15, 0.2) is 60.8 Å². The number of carbonyl (C=O) groups excluding carboxylic acids is 2. The Kier molecular flexibility index (Phi) is 55.4. The van der Waals surface area contributed by atoms with Crippen molar-refractivity contribution in [2.75, 3.05) is 13.2 Å². The van der Waals surface area contributed by atoms with Gasteiger partial charge in [-0.25, -0.2) is 0 Å². The van der Waals surface area contributed by atoms with E-state index in [-0.39, 0.29) is 19.4 Å². The molecule has 1 aliphatic heterocycles. The van der Waals surface area contributed by atoms with Crippen molar-refractivity contribution < 1.29 is 49.3 Å². The largest absolute Gasteiger partial charge is 0.454 e. The molecule has 8 unspecified atom stereocenters. The number of allylic oxidation sites excluding steroid dienone is 9. The summed E-state index contributed by atoms with van der Waals surface area (Å²) in [5.41, 5.74) is 0. The summed E-state index contributed by atoms with van der Waals surface area (Å²) in [5, 5.41) is 57.2. The van der Waals surface area contributed by atoms with Crippen molar-refractivity contribution in [1.29, 1.82) is 0 Å². The standard InChI is InChI=1S/C71H129NO10/c1-4-7-10-13-16-19-22-25-27-29-31-32-33-35-36-38-40-43-46-49-52-55-58-64(75)70(79)72-62(63(74)57-54-51-48-45-42-24-21-18-15-12-9-6-3)61-80-71-69(68(78)67(77)65(60-73)81-71)82-66(76)59-56-53-50-47-44-41-39-37-34-30-28-26-23-20-17-14-11-8-5-2/h16,19,25-28,31-32,54,57,62-65,67-69,71,73-75,77-78H,4-15,17-18,20-24,29-30,33-53,55-56,58-61H2,1-3H3,(H,72,79)/b19-16-,27-25-,28-26+,32-31-,57-54+. The van der Waals surface area contributed by atoms with E-state index in [1.54, 1.807) is 6.08 Å². The van der Waals surface area contributed by atoms with Crippen LogP contribution in [0.25, 0.3) is 0 Å². The third-order valence-corrected chi connectivity index (χ3v) is 16.1. The second-order valence-electron chi connectivity index (χ2n) is 23.9. The number of amides is 1. The van der Waals surface area contributed by atoms with E-state index >= 15 is 0 Å². The minimum Gasteiger partial charge on any atom is -0.454 e. The number of hydrogen-bond donors (Lipinski definition) is 6. The summed E-state index contributed by atoms with van der Waals surface area (Å²) in [6, 6.07) is -1.03. The van der Waals surface area contributed by atoms with Crippen molar-refractivity contribution >= 4 is 11.9 Å². The van der Waals surface area contributed by atoms with Gasteiger partial charge in [0.05, 0.1) is 25.4 Å². The number of rotatable bonds is 59. The fourth-order valence-corrected chi connectivity index (χ4v) is 10.7. The van der Waals surface area contributed by atoms with Gasteiger partial charge in [-0.3, -0.25) is 9.59 Å². The van der Waals surface area contributed by atoms with E-state index in [1.807, 2.05) is 6.08 Å². The molecule has 11 heteroatoms. The topological polar surface area (TPSA) is 175 Å². The lowest BCUT2D eigenvalue weighted by Crippen LogP contribution is -2.61. The molecule has 1 amide bonds. The van der Waals surface area contributed by atoms with Gasteiger partial charge in [-0.15, -0.1) is 0 Å². The van der Waals surface area contributed by atoms with Crippen LogP contribution in [0, 0.1) is 0 Å². The molecule has 0 aromatic carbocycles. The summed E-state index contributed by atoms with van der Waals surface area (Å²) < 4.78 is 17.7. The number of carbonyl (C=O) groups is 2. The summed E-state index contributed by atoms with van der Waals surface area (Å²) >= 11 is 0. The lowest BCUT2D eigenvalue weighted by Gasteiger charge is -2.41. The Hall–Kier alpha value is -2.64. The maximum atomic E-state index is 13.5. The van der Waals surface area contributed by atoms with Crippen molar-refractivity contribution in [3.63, 3.8) is 0 Å². The molecule has 1 rings (SSSR count). The Morgan fingerprint density at radius 1 is 0.476 bits per heavy atom. The number of unbranched alkanes of at least 4 members (excludes halogenated alkanes) is 37. The molecule has 11 nitrogen and oxygen atoms in total. The fourth-order valence-electron chi connectivity index (χ4n) is 10.7. The maximum Gasteiger partial charge on any atom is 0.306 e. The highest BCUT2D eigenvalue weighted by molar-refractivity contribution is 5.80. The summed E-state index contributed by atoms with van der Waals surface area (Å²) in [6.07, 6.45) is 63.9. The van der Waals surface area contributed by atoms with E-state index in [0.717, 1.165) is 77.0 Å². The second kappa shape index (κ2) is 58.7. The monoisotopic (exact) mass is 1160 g/mol. The van der Waals surface area contributed by atoms with Gasteiger partial charge >= 0.3 is 5.97 Å². The predicted octanol–water partition coefficient (Wildman–Crippen LogP) is 17.3. The molecule has 0 bridgehead atoms. The van der Waals surface area contributed by atoms with E-state index in [9.17, 15) is 35.1 Å². The first-order chi connectivity index (χ1) is 40.2. The highest BCUT2D eigenvalue weighted by Crippen LogP contribution is 2.26. The highest BCUT2D eigenvalue weighted by Gasteiger charge is 2.47. The number of ether oxygens (including phenoxy) is 3. The van der Waals surface area contributed by atoms with Crippen LogP contribution in [0.2, 0.25) is 0 Å². The van der Waals surface area contributed by atoms with Crippen molar-refractivity contribution in [2.24, 2.45) is 0 Å². The van der Waals surface area contributed by atoms with Crippen LogP contribution in [0.5, 0.6) is 0 Å². The van der Waals surface area contributed by atoms with Gasteiger partial charge in [0.1, 0.15) is 24.4 Å². The van der Waals surface area contributed by atoms with Crippen molar-refractivity contribution in [3.8, 4) is 0 Å². The Bertz CT molecular complexity index is 1560. The van der Waals surface area contributed by atoms with Gasteiger partial charge in [0.15, 0.2) is 12.4 Å². The highest BCUT2D eigenvalue weighted by atomic mass is 16.7. The van der Waals surface area contributed by atoms with Crippen LogP contribution < -0.4 is 5.32 Å². The van der Waals surface area contributed by atoms with E-state index in [1.165, 1.54) is 193 Å². The Morgan fingerprint density at radius 2 is 0.841 bits per heavy atom. The normalized spacial score (nSPS) is 19.0. The average Bonchev–Trinajstić information content (AvgIpc) is 3.68. The average molecular weight is 1160 g/mol. The molecule has 0 aromatic heterocycles. The zero-order chi connectivity index (χ0) is 59.6. The van der Waals surface area contributed by atoms with Gasteiger partial charge in [-0.05, 0) is 89.9 Å². The molecule has 0 aliphatic carbocycles. The summed E-state index contributed by atoms with van der Waals surface area (Å²) in [4.78, 5) is 26.6. The molecule has 8 atom stereocenters. The van der Waals surface area contributed by atoms with E-state index in [2.05, 4.69) is 74.7 Å². The van der Waals surface area contributed by atoms with Gasteiger partial charge < -0.3 is 45.1 Å². The predicted molar refractivity (Wildman–Crippen MR) is 343 cm³/mol. The van der Waals surface area contributed by atoms with E-state index in [0.29, 0.717) is 12.8 Å². The zero-order valence-corrected chi connectivity index (χ0v) is 53.1. The Labute approximate surface area is 503 Å². The smallest absolute Gasteiger partial charge is 0.306 e. The minimum absolute atomic E-state index is 0.121. The first-order valence-corrected chi connectivity index (χ1v) is 34.6. The maximum absolute atomic E-state index is 13.5. The molecule has 478 valence electrons. The van der Waals surface area contributed by atoms with Gasteiger partial charge in [0.2, 0.25) is 5.91 Å². The Morgan fingerprint density at radius 3 is 1.29 bits per heavy atom. The lowest BCUT2D eigenvalue weighted by atomic mass is 9.99. The molecule has 1 fully saturated rings. The SMILES string of the molecule is CCCCC/C=C\C/C=C\C/C=C\CCCCCCCCCCCC(O)C(=O)NC(COC1OC(CO)C(O)C(O)C1OC(=O)CCCCCCCCCCC/C=C/CCCCCCCC)C(O)/C=C/CCCCCCCCCCCC. The van der Waals surface area contributed by atoms with Crippen LogP contribution in [0.1, 0.15) is 316 Å². The van der Waals surface area contributed by atoms with Gasteiger partial charge in [-0.2, -0.15) is 0 Å². The molecule has 6 N–H and O–H groups in total. The first-order valence-electron chi connectivity index (χ1n) is 34.6. The second-order valence-corrected chi connectivity index (χ2v) is 23.9. The number of aliphatic hydroxyl groups is 5. The molecule has 1 aliphatic rings. The molecule has 1 saturated heterocycles. The van der Waals surface area contributed by atoms with Gasteiger partial charge in [0.25, 0.3) is 0 Å². The summed E-state index contributed by atoms with van der Waals surface area (Å²) in [7, 11) is 0.